The third-order valence-electron chi connectivity index (χ3n) is 11.9. The van der Waals surface area contributed by atoms with Crippen LogP contribution in [0, 0.1) is 0 Å². The number of allylic oxidation sites excluding steroid dienone is 8. The van der Waals surface area contributed by atoms with Gasteiger partial charge in [-0.2, -0.15) is 0 Å². The van der Waals surface area contributed by atoms with Gasteiger partial charge in [0.25, 0.3) is 0 Å². The Kier molecular flexibility index (Phi) is 47.1. The van der Waals surface area contributed by atoms with Gasteiger partial charge < -0.3 is 20.3 Å². The minimum Gasteiger partial charge on any atom is -0.462 e. The molecule has 0 aliphatic rings. The van der Waals surface area contributed by atoms with Gasteiger partial charge in [0.15, 0.2) is 0 Å². The van der Waals surface area contributed by atoms with E-state index in [9.17, 15) is 19.8 Å². The predicted octanol–water partition coefficient (Wildman–Crippen LogP) is 15.8. The van der Waals surface area contributed by atoms with E-state index in [1.165, 1.54) is 135 Å². The number of carbonyl (C=O) groups is 2. The first kappa shape index (κ1) is 58.8. The van der Waals surface area contributed by atoms with Gasteiger partial charge in [-0.3, -0.25) is 9.59 Å². The second kappa shape index (κ2) is 48.8. The molecule has 0 radical (unpaired) electrons. The SMILES string of the molecule is CCC/C=C\CCCCCCCC(=O)OC(CCCCC/C=C/C=C/C=C/CCCCCCC)CC(=O)NC(CO)C(O)CCCCCCCCCCCCCCCCCC. The van der Waals surface area contributed by atoms with Crippen LogP contribution in [0.5, 0.6) is 0 Å². The number of aliphatic hydroxyl groups excluding tert-OH is 2. The maximum absolute atomic E-state index is 13.2. The molecule has 0 heterocycles. The lowest BCUT2D eigenvalue weighted by atomic mass is 10.0. The van der Waals surface area contributed by atoms with Crippen LogP contribution < -0.4 is 5.32 Å². The first-order valence-electron chi connectivity index (χ1n) is 26.4. The molecule has 356 valence electrons. The molecule has 0 rings (SSSR count). The number of amides is 1. The van der Waals surface area contributed by atoms with Crippen molar-refractivity contribution in [1.82, 2.24) is 5.32 Å². The fraction of sp³-hybridized carbons (Fsp3) is 0.818. The van der Waals surface area contributed by atoms with E-state index in [-0.39, 0.29) is 24.9 Å². The molecule has 0 spiro atoms. The average Bonchev–Trinajstić information content (AvgIpc) is 3.25. The fourth-order valence-corrected chi connectivity index (χ4v) is 7.91. The number of esters is 1. The van der Waals surface area contributed by atoms with Gasteiger partial charge in [-0.25, -0.2) is 0 Å². The normalized spacial score (nSPS) is 13.6. The number of hydrogen-bond acceptors (Lipinski definition) is 5. The van der Waals surface area contributed by atoms with Crippen molar-refractivity contribution in [3.8, 4) is 0 Å². The van der Waals surface area contributed by atoms with E-state index < -0.39 is 18.2 Å². The lowest BCUT2D eigenvalue weighted by Gasteiger charge is -2.24. The van der Waals surface area contributed by atoms with Crippen LogP contribution in [-0.4, -0.2) is 46.9 Å². The summed E-state index contributed by atoms with van der Waals surface area (Å²) in [4.78, 5) is 26.1. The van der Waals surface area contributed by atoms with Crippen molar-refractivity contribution < 1.29 is 24.5 Å². The van der Waals surface area contributed by atoms with E-state index in [2.05, 4.69) is 74.7 Å². The second-order valence-electron chi connectivity index (χ2n) is 18.0. The molecule has 6 nitrogen and oxygen atoms in total. The van der Waals surface area contributed by atoms with Gasteiger partial charge in [-0.05, 0) is 70.6 Å². The van der Waals surface area contributed by atoms with Crippen LogP contribution in [0.2, 0.25) is 0 Å². The quantitative estimate of drug-likeness (QED) is 0.0245. The van der Waals surface area contributed by atoms with Gasteiger partial charge in [0, 0.05) is 6.42 Å². The number of nitrogens with one attached hydrogen (secondary N) is 1. The topological polar surface area (TPSA) is 95.9 Å². The first-order chi connectivity index (χ1) is 30.0. The number of carbonyl (C=O) groups excluding carboxylic acids is 2. The molecule has 6 heteroatoms. The molecule has 0 bridgehead atoms. The standard InChI is InChI=1S/C55H101NO5/c1-4-7-10-13-16-19-22-24-26-28-30-32-34-37-40-43-46-51(61-55(60)48-45-42-39-36-21-18-15-12-9-6-3)49-54(59)56-52(50-57)53(58)47-44-41-38-35-33-31-29-27-25-23-20-17-14-11-8-5-2/h12,15,22,24,26,28,30,32,51-53,57-58H,4-11,13-14,16-21,23,25,27,29,31,33-50H2,1-3H3,(H,56,59)/b15-12-,24-22+,28-26+,32-30+. The van der Waals surface area contributed by atoms with E-state index >= 15 is 0 Å². The van der Waals surface area contributed by atoms with Crippen molar-refractivity contribution in [2.45, 2.75) is 283 Å². The summed E-state index contributed by atoms with van der Waals surface area (Å²) in [6.45, 7) is 6.41. The Balaban J connectivity index is 4.58. The summed E-state index contributed by atoms with van der Waals surface area (Å²) in [5.74, 6) is -0.515. The van der Waals surface area contributed by atoms with E-state index in [0.717, 1.165) is 83.5 Å². The van der Waals surface area contributed by atoms with Gasteiger partial charge in [0.05, 0.1) is 25.2 Å². The zero-order chi connectivity index (χ0) is 44.5. The molecule has 0 saturated carbocycles. The summed E-state index contributed by atoms with van der Waals surface area (Å²) in [6.07, 6.45) is 58.9. The van der Waals surface area contributed by atoms with E-state index in [4.69, 9.17) is 4.74 Å². The average molecular weight is 856 g/mol. The largest absolute Gasteiger partial charge is 0.462 e. The van der Waals surface area contributed by atoms with Crippen molar-refractivity contribution in [1.29, 1.82) is 0 Å². The van der Waals surface area contributed by atoms with Crippen LogP contribution in [0.1, 0.15) is 265 Å². The summed E-state index contributed by atoms with van der Waals surface area (Å²) in [6, 6.07) is -0.714. The van der Waals surface area contributed by atoms with E-state index in [1.807, 2.05) is 0 Å². The number of rotatable bonds is 47. The minimum atomic E-state index is -0.798. The van der Waals surface area contributed by atoms with Crippen LogP contribution in [0.15, 0.2) is 48.6 Å². The molecule has 3 unspecified atom stereocenters. The highest BCUT2D eigenvalue weighted by Crippen LogP contribution is 2.18. The van der Waals surface area contributed by atoms with Gasteiger partial charge in [0.1, 0.15) is 6.10 Å². The smallest absolute Gasteiger partial charge is 0.306 e. The molecule has 0 aromatic heterocycles. The van der Waals surface area contributed by atoms with Crippen molar-refractivity contribution in [2.24, 2.45) is 0 Å². The maximum atomic E-state index is 13.2. The van der Waals surface area contributed by atoms with Gasteiger partial charge in [0.2, 0.25) is 5.91 Å². The maximum Gasteiger partial charge on any atom is 0.306 e. The summed E-state index contributed by atoms with van der Waals surface area (Å²) in [7, 11) is 0. The molecule has 0 saturated heterocycles. The Labute approximate surface area is 378 Å². The number of hydrogen-bond donors (Lipinski definition) is 3. The van der Waals surface area contributed by atoms with Crippen LogP contribution in [0.25, 0.3) is 0 Å². The molecule has 0 aliphatic carbocycles. The van der Waals surface area contributed by atoms with Crippen LogP contribution in [0.3, 0.4) is 0 Å². The predicted molar refractivity (Wildman–Crippen MR) is 264 cm³/mol. The third-order valence-corrected chi connectivity index (χ3v) is 11.9. The summed E-state index contributed by atoms with van der Waals surface area (Å²) in [5, 5.41) is 23.8. The minimum absolute atomic E-state index is 0.0521. The highest BCUT2D eigenvalue weighted by Gasteiger charge is 2.24. The molecular formula is C55H101NO5. The zero-order valence-corrected chi connectivity index (χ0v) is 40.5. The fourth-order valence-electron chi connectivity index (χ4n) is 7.91. The Hall–Kier alpha value is -2.18. The third kappa shape index (κ3) is 44.2. The van der Waals surface area contributed by atoms with Crippen LogP contribution in [-0.2, 0) is 14.3 Å². The first-order valence-corrected chi connectivity index (χ1v) is 26.4. The Bertz CT molecular complexity index is 1050. The molecular weight excluding hydrogens is 755 g/mol. The van der Waals surface area contributed by atoms with Gasteiger partial charge >= 0.3 is 5.97 Å². The molecule has 0 aromatic carbocycles. The highest BCUT2D eigenvalue weighted by atomic mass is 16.5. The zero-order valence-electron chi connectivity index (χ0n) is 40.5. The molecule has 0 aliphatic heterocycles. The Morgan fingerprint density at radius 3 is 1.38 bits per heavy atom. The summed E-state index contributed by atoms with van der Waals surface area (Å²) >= 11 is 0. The lowest BCUT2D eigenvalue weighted by Crippen LogP contribution is -2.46. The molecule has 1 amide bonds. The molecule has 61 heavy (non-hydrogen) atoms. The van der Waals surface area contributed by atoms with Gasteiger partial charge in [-0.15, -0.1) is 0 Å². The van der Waals surface area contributed by atoms with Crippen molar-refractivity contribution in [3.63, 3.8) is 0 Å². The van der Waals surface area contributed by atoms with Crippen molar-refractivity contribution in [2.75, 3.05) is 6.61 Å². The second-order valence-corrected chi connectivity index (χ2v) is 18.0. The Morgan fingerprint density at radius 2 is 0.885 bits per heavy atom. The monoisotopic (exact) mass is 856 g/mol. The van der Waals surface area contributed by atoms with E-state index in [0.29, 0.717) is 19.3 Å². The summed E-state index contributed by atoms with van der Waals surface area (Å²) < 4.78 is 5.90. The van der Waals surface area contributed by atoms with Crippen molar-refractivity contribution >= 4 is 11.9 Å². The van der Waals surface area contributed by atoms with E-state index in [1.54, 1.807) is 0 Å². The number of unbranched alkanes of at least 4 members (excludes halogenated alkanes) is 29. The highest BCUT2D eigenvalue weighted by molar-refractivity contribution is 5.77. The number of ether oxygens (including phenoxy) is 1. The summed E-state index contributed by atoms with van der Waals surface area (Å²) in [5.41, 5.74) is 0. The van der Waals surface area contributed by atoms with Gasteiger partial charge in [-0.1, -0.05) is 230 Å². The Morgan fingerprint density at radius 1 is 0.475 bits per heavy atom. The van der Waals surface area contributed by atoms with Crippen molar-refractivity contribution in [3.05, 3.63) is 48.6 Å². The lowest BCUT2D eigenvalue weighted by molar-refractivity contribution is -0.151. The number of aliphatic hydroxyl groups is 2. The van der Waals surface area contributed by atoms with Crippen LogP contribution in [0.4, 0.5) is 0 Å². The molecule has 0 fully saturated rings. The molecule has 3 N–H and O–H groups in total. The molecule has 0 aromatic rings. The molecule has 3 atom stereocenters. The van der Waals surface area contributed by atoms with Crippen LogP contribution >= 0.6 is 0 Å².